The SMILES string of the molecule is C=C[C](C)c1ccc(C(C)(C)C)c([N+](=O)[O-])c1. The van der Waals surface area contributed by atoms with Gasteiger partial charge >= 0.3 is 0 Å². The Labute approximate surface area is 102 Å². The molecule has 0 atom stereocenters. The van der Waals surface area contributed by atoms with Crippen molar-refractivity contribution in [3.8, 4) is 0 Å². The lowest BCUT2D eigenvalue weighted by molar-refractivity contribution is -0.386. The lowest BCUT2D eigenvalue weighted by atomic mass is 9.84. The van der Waals surface area contributed by atoms with Crippen LogP contribution in [0, 0.1) is 16.0 Å². The summed E-state index contributed by atoms with van der Waals surface area (Å²) in [5.74, 6) is 0.938. The van der Waals surface area contributed by atoms with Gasteiger partial charge in [-0.15, -0.1) is 6.58 Å². The summed E-state index contributed by atoms with van der Waals surface area (Å²) in [5.41, 5.74) is 1.54. The van der Waals surface area contributed by atoms with E-state index in [-0.39, 0.29) is 16.0 Å². The third-order valence-corrected chi connectivity index (χ3v) is 2.76. The smallest absolute Gasteiger partial charge is 0.258 e. The first-order chi connectivity index (χ1) is 7.77. The summed E-state index contributed by atoms with van der Waals surface area (Å²) in [6, 6.07) is 5.36. The molecule has 3 heteroatoms. The Morgan fingerprint density at radius 2 is 2.00 bits per heavy atom. The maximum atomic E-state index is 11.1. The van der Waals surface area contributed by atoms with Gasteiger partial charge in [0.05, 0.1) is 4.92 Å². The highest BCUT2D eigenvalue weighted by atomic mass is 16.6. The molecule has 0 N–H and O–H groups in total. The second-order valence-electron chi connectivity index (χ2n) is 5.13. The van der Waals surface area contributed by atoms with Crippen LogP contribution in [0.4, 0.5) is 5.69 Å². The Hall–Kier alpha value is -1.64. The summed E-state index contributed by atoms with van der Waals surface area (Å²) in [5, 5.41) is 11.1. The normalized spacial score (nSPS) is 11.6. The van der Waals surface area contributed by atoms with Crippen LogP contribution in [0.3, 0.4) is 0 Å². The highest BCUT2D eigenvalue weighted by Gasteiger charge is 2.25. The minimum atomic E-state index is -0.319. The van der Waals surface area contributed by atoms with Crippen LogP contribution in [0.2, 0.25) is 0 Å². The van der Waals surface area contributed by atoms with Crippen molar-refractivity contribution in [3.63, 3.8) is 0 Å². The van der Waals surface area contributed by atoms with Crippen LogP contribution in [0.15, 0.2) is 30.9 Å². The van der Waals surface area contributed by atoms with Crippen molar-refractivity contribution >= 4 is 5.69 Å². The van der Waals surface area contributed by atoms with E-state index in [1.807, 2.05) is 39.8 Å². The molecule has 0 spiro atoms. The Balaban J connectivity index is 3.37. The van der Waals surface area contributed by atoms with Crippen molar-refractivity contribution in [2.75, 3.05) is 0 Å². The predicted molar refractivity (Wildman–Crippen MR) is 70.0 cm³/mol. The Kier molecular flexibility index (Phi) is 3.71. The minimum absolute atomic E-state index is 0.177. The van der Waals surface area contributed by atoms with Crippen molar-refractivity contribution in [2.24, 2.45) is 0 Å². The van der Waals surface area contributed by atoms with Gasteiger partial charge in [-0.2, -0.15) is 0 Å². The molecule has 1 aromatic rings. The van der Waals surface area contributed by atoms with Crippen LogP contribution in [-0.4, -0.2) is 4.92 Å². The summed E-state index contributed by atoms with van der Waals surface area (Å²) in [6.45, 7) is 11.5. The molecule has 1 rings (SSSR count). The van der Waals surface area contributed by atoms with E-state index in [2.05, 4.69) is 6.58 Å². The minimum Gasteiger partial charge on any atom is -0.258 e. The maximum absolute atomic E-state index is 11.1. The molecule has 1 radical (unpaired) electrons. The highest BCUT2D eigenvalue weighted by Crippen LogP contribution is 2.33. The van der Waals surface area contributed by atoms with Gasteiger partial charge in [0.25, 0.3) is 5.69 Å². The standard InChI is InChI=1S/C14H18NO2/c1-6-10(2)11-7-8-12(14(3,4)5)13(9-11)15(16)17/h6-9H,1H2,2-5H3. The lowest BCUT2D eigenvalue weighted by Gasteiger charge is -2.19. The van der Waals surface area contributed by atoms with Crippen molar-refractivity contribution in [1.29, 1.82) is 0 Å². The molecule has 0 amide bonds. The van der Waals surface area contributed by atoms with Crippen molar-refractivity contribution < 1.29 is 4.92 Å². The number of hydrogen-bond acceptors (Lipinski definition) is 2. The molecular formula is C14H18NO2. The van der Waals surface area contributed by atoms with Crippen LogP contribution >= 0.6 is 0 Å². The van der Waals surface area contributed by atoms with Gasteiger partial charge in [0.2, 0.25) is 0 Å². The second kappa shape index (κ2) is 4.70. The number of nitro groups is 1. The van der Waals surface area contributed by atoms with E-state index in [0.717, 1.165) is 17.0 Å². The molecule has 0 fully saturated rings. The zero-order chi connectivity index (χ0) is 13.2. The fraction of sp³-hybridized carbons (Fsp3) is 0.357. The van der Waals surface area contributed by atoms with Gasteiger partial charge in [0.1, 0.15) is 0 Å². The molecule has 0 aliphatic carbocycles. The zero-order valence-electron chi connectivity index (χ0n) is 10.8. The fourth-order valence-corrected chi connectivity index (χ4v) is 1.68. The van der Waals surface area contributed by atoms with E-state index in [1.165, 1.54) is 0 Å². The van der Waals surface area contributed by atoms with Crippen LogP contribution in [0.1, 0.15) is 38.8 Å². The van der Waals surface area contributed by atoms with E-state index < -0.39 is 0 Å². The Morgan fingerprint density at radius 3 is 2.41 bits per heavy atom. The van der Waals surface area contributed by atoms with Crippen molar-refractivity contribution in [3.05, 3.63) is 58.0 Å². The molecule has 1 aromatic carbocycles. The number of nitro benzene ring substituents is 1. The molecular weight excluding hydrogens is 214 g/mol. The average molecular weight is 232 g/mol. The molecule has 0 saturated heterocycles. The Morgan fingerprint density at radius 1 is 1.41 bits per heavy atom. The molecule has 0 saturated carbocycles. The third kappa shape index (κ3) is 2.93. The number of nitrogens with zero attached hydrogens (tertiary/aromatic N) is 1. The monoisotopic (exact) mass is 232 g/mol. The molecule has 0 heterocycles. The summed E-state index contributed by atoms with van der Waals surface area (Å²) in [4.78, 5) is 10.8. The number of hydrogen-bond donors (Lipinski definition) is 0. The van der Waals surface area contributed by atoms with Crippen LogP contribution in [-0.2, 0) is 5.41 Å². The molecule has 0 aliphatic rings. The molecule has 91 valence electrons. The van der Waals surface area contributed by atoms with Crippen molar-refractivity contribution in [1.82, 2.24) is 0 Å². The first kappa shape index (κ1) is 13.4. The van der Waals surface area contributed by atoms with Crippen LogP contribution in [0.25, 0.3) is 0 Å². The van der Waals surface area contributed by atoms with Crippen LogP contribution < -0.4 is 0 Å². The van der Waals surface area contributed by atoms with Gasteiger partial charge in [0, 0.05) is 17.5 Å². The fourth-order valence-electron chi connectivity index (χ4n) is 1.68. The molecule has 0 aliphatic heterocycles. The van der Waals surface area contributed by atoms with Gasteiger partial charge in [-0.25, -0.2) is 0 Å². The topological polar surface area (TPSA) is 43.1 Å². The van der Waals surface area contributed by atoms with Crippen molar-refractivity contribution in [2.45, 2.75) is 33.1 Å². The average Bonchev–Trinajstić information content (AvgIpc) is 2.25. The quantitative estimate of drug-likeness (QED) is 0.583. The largest absolute Gasteiger partial charge is 0.273 e. The Bertz CT molecular complexity index is 444. The van der Waals surface area contributed by atoms with Gasteiger partial charge in [-0.3, -0.25) is 10.1 Å². The first-order valence-corrected chi connectivity index (χ1v) is 5.52. The van der Waals surface area contributed by atoms with E-state index in [0.29, 0.717) is 0 Å². The van der Waals surface area contributed by atoms with E-state index >= 15 is 0 Å². The van der Waals surface area contributed by atoms with E-state index in [4.69, 9.17) is 0 Å². The third-order valence-electron chi connectivity index (χ3n) is 2.76. The maximum Gasteiger partial charge on any atom is 0.273 e. The lowest BCUT2D eigenvalue weighted by Crippen LogP contribution is -2.14. The summed E-state index contributed by atoms with van der Waals surface area (Å²) >= 11 is 0. The summed E-state index contributed by atoms with van der Waals surface area (Å²) in [7, 11) is 0. The molecule has 0 aromatic heterocycles. The summed E-state index contributed by atoms with van der Waals surface area (Å²) in [6.07, 6.45) is 1.70. The van der Waals surface area contributed by atoms with Crippen LogP contribution in [0.5, 0.6) is 0 Å². The first-order valence-electron chi connectivity index (χ1n) is 5.52. The molecule has 17 heavy (non-hydrogen) atoms. The number of rotatable bonds is 3. The van der Waals surface area contributed by atoms with Gasteiger partial charge in [-0.05, 0) is 11.0 Å². The van der Waals surface area contributed by atoms with Gasteiger partial charge < -0.3 is 0 Å². The second-order valence-corrected chi connectivity index (χ2v) is 5.13. The van der Waals surface area contributed by atoms with E-state index in [9.17, 15) is 10.1 Å². The molecule has 0 bridgehead atoms. The van der Waals surface area contributed by atoms with E-state index in [1.54, 1.807) is 12.1 Å². The highest BCUT2D eigenvalue weighted by molar-refractivity contribution is 5.51. The van der Waals surface area contributed by atoms with Gasteiger partial charge in [-0.1, -0.05) is 45.9 Å². The zero-order valence-corrected chi connectivity index (χ0v) is 10.8. The number of allylic oxidation sites excluding steroid dienone is 1. The van der Waals surface area contributed by atoms with Gasteiger partial charge in [0.15, 0.2) is 0 Å². The molecule has 0 unspecified atom stereocenters. The summed E-state index contributed by atoms with van der Waals surface area (Å²) < 4.78 is 0. The molecule has 3 nitrogen and oxygen atoms in total. The predicted octanol–water partition coefficient (Wildman–Crippen LogP) is 4.02. The number of benzene rings is 1.